The van der Waals surface area contributed by atoms with Crippen molar-refractivity contribution in [3.63, 3.8) is 0 Å². The van der Waals surface area contributed by atoms with E-state index in [0.29, 0.717) is 11.2 Å². The minimum absolute atomic E-state index is 0.00128. The van der Waals surface area contributed by atoms with Gasteiger partial charge in [0.1, 0.15) is 17.1 Å². The number of aryl methyl sites for hydroxylation is 1. The molecule has 1 aliphatic heterocycles. The molecule has 1 aromatic carbocycles. The molecule has 1 spiro atoms. The number of carbonyl (C=O) groups excluding carboxylic acids is 1. The minimum atomic E-state index is -0.267. The fourth-order valence-electron chi connectivity index (χ4n) is 4.34. The Bertz CT molecular complexity index is 619. The zero-order valence-corrected chi connectivity index (χ0v) is 12.3. The van der Waals surface area contributed by atoms with Gasteiger partial charge in [0, 0.05) is 24.3 Å². The first-order chi connectivity index (χ1) is 9.43. The van der Waals surface area contributed by atoms with Gasteiger partial charge < -0.3 is 9.47 Å². The van der Waals surface area contributed by atoms with Gasteiger partial charge in [-0.05, 0) is 49.8 Å². The van der Waals surface area contributed by atoms with E-state index in [2.05, 4.69) is 6.92 Å². The zero-order valence-electron chi connectivity index (χ0n) is 12.3. The average Bonchev–Trinajstić information content (AvgIpc) is 2.79. The first kappa shape index (κ1) is 12.2. The summed E-state index contributed by atoms with van der Waals surface area (Å²) < 4.78 is 11.7. The summed E-state index contributed by atoms with van der Waals surface area (Å²) in [4.78, 5) is 11.2. The van der Waals surface area contributed by atoms with Crippen molar-refractivity contribution in [1.29, 1.82) is 0 Å². The normalized spacial score (nSPS) is 36.5. The summed E-state index contributed by atoms with van der Waals surface area (Å²) >= 11 is 0. The molecular formula is C17H20O3. The lowest BCUT2D eigenvalue weighted by molar-refractivity contribution is -0.131. The summed E-state index contributed by atoms with van der Waals surface area (Å²) in [6, 6.07) is 4.03. The molecule has 2 saturated carbocycles. The van der Waals surface area contributed by atoms with Gasteiger partial charge >= 0.3 is 5.97 Å². The second-order valence-corrected chi connectivity index (χ2v) is 6.95. The molecule has 20 heavy (non-hydrogen) atoms. The third-order valence-electron chi connectivity index (χ3n) is 5.74. The van der Waals surface area contributed by atoms with Crippen molar-refractivity contribution in [2.24, 2.45) is 11.3 Å². The maximum atomic E-state index is 11.2. The summed E-state index contributed by atoms with van der Waals surface area (Å²) in [6.45, 7) is 5.77. The highest BCUT2D eigenvalue weighted by molar-refractivity contribution is 5.70. The van der Waals surface area contributed by atoms with E-state index in [-0.39, 0.29) is 11.6 Å². The Morgan fingerprint density at radius 3 is 2.85 bits per heavy atom. The van der Waals surface area contributed by atoms with Crippen molar-refractivity contribution in [2.45, 2.75) is 52.1 Å². The van der Waals surface area contributed by atoms with Gasteiger partial charge in [-0.1, -0.05) is 6.92 Å². The molecule has 3 heteroatoms. The summed E-state index contributed by atoms with van der Waals surface area (Å²) in [6.07, 6.45) is 4.71. The fourth-order valence-corrected chi connectivity index (χ4v) is 4.34. The summed E-state index contributed by atoms with van der Waals surface area (Å²) in [5.74, 6) is 2.25. The fraction of sp³-hybridized carbons (Fsp3) is 0.588. The van der Waals surface area contributed by atoms with Crippen LogP contribution in [0.3, 0.4) is 0 Å². The molecule has 0 amide bonds. The first-order valence-electron chi connectivity index (χ1n) is 7.44. The van der Waals surface area contributed by atoms with Crippen LogP contribution in [-0.2, 0) is 11.2 Å². The van der Waals surface area contributed by atoms with E-state index < -0.39 is 0 Å². The summed E-state index contributed by atoms with van der Waals surface area (Å²) in [5.41, 5.74) is 2.52. The number of hydrogen-bond donors (Lipinski definition) is 0. The van der Waals surface area contributed by atoms with Gasteiger partial charge in [-0.3, -0.25) is 4.79 Å². The molecular weight excluding hydrogens is 252 g/mol. The maximum Gasteiger partial charge on any atom is 0.308 e. The summed E-state index contributed by atoms with van der Waals surface area (Å²) in [7, 11) is 0. The number of fused-ring (bicyclic) bond motifs is 3. The Morgan fingerprint density at radius 2 is 2.25 bits per heavy atom. The Kier molecular flexibility index (Phi) is 2.19. The van der Waals surface area contributed by atoms with Crippen LogP contribution in [0.5, 0.6) is 11.5 Å². The van der Waals surface area contributed by atoms with Gasteiger partial charge in [0.05, 0.1) is 0 Å². The van der Waals surface area contributed by atoms with E-state index in [0.717, 1.165) is 30.1 Å². The van der Waals surface area contributed by atoms with E-state index in [4.69, 9.17) is 9.47 Å². The predicted molar refractivity (Wildman–Crippen MR) is 75.0 cm³/mol. The number of benzene rings is 1. The van der Waals surface area contributed by atoms with Gasteiger partial charge in [0.15, 0.2) is 0 Å². The van der Waals surface area contributed by atoms with Crippen LogP contribution in [0.4, 0.5) is 0 Å². The molecule has 2 fully saturated rings. The topological polar surface area (TPSA) is 35.5 Å². The van der Waals surface area contributed by atoms with E-state index in [1.165, 1.54) is 25.3 Å². The lowest BCUT2D eigenvalue weighted by Crippen LogP contribution is -2.40. The molecule has 0 aromatic heterocycles. The molecule has 0 radical (unpaired) electrons. The molecule has 4 rings (SSSR count). The molecule has 0 bridgehead atoms. The lowest BCUT2D eigenvalue weighted by Gasteiger charge is -2.31. The van der Waals surface area contributed by atoms with Gasteiger partial charge in [0.2, 0.25) is 0 Å². The highest BCUT2D eigenvalue weighted by Crippen LogP contribution is 2.71. The lowest BCUT2D eigenvalue weighted by atomic mass is 9.83. The van der Waals surface area contributed by atoms with Crippen LogP contribution in [0.15, 0.2) is 12.1 Å². The van der Waals surface area contributed by atoms with Crippen molar-refractivity contribution >= 4 is 5.97 Å². The minimum Gasteiger partial charge on any atom is -0.486 e. The molecule has 1 heterocycles. The van der Waals surface area contributed by atoms with Crippen molar-refractivity contribution in [1.82, 2.24) is 0 Å². The summed E-state index contributed by atoms with van der Waals surface area (Å²) in [5, 5.41) is 0. The van der Waals surface area contributed by atoms with Gasteiger partial charge in [0.25, 0.3) is 0 Å². The maximum absolute atomic E-state index is 11.2. The van der Waals surface area contributed by atoms with Gasteiger partial charge in [-0.2, -0.15) is 0 Å². The number of esters is 1. The second-order valence-electron chi connectivity index (χ2n) is 6.95. The van der Waals surface area contributed by atoms with Crippen LogP contribution < -0.4 is 9.47 Å². The number of carbonyl (C=O) groups is 1. The molecule has 106 valence electrons. The monoisotopic (exact) mass is 272 g/mol. The van der Waals surface area contributed by atoms with E-state index in [9.17, 15) is 4.79 Å². The Morgan fingerprint density at radius 1 is 1.45 bits per heavy atom. The number of rotatable bonds is 1. The van der Waals surface area contributed by atoms with Crippen molar-refractivity contribution in [3.8, 4) is 11.5 Å². The van der Waals surface area contributed by atoms with Crippen LogP contribution in [0.2, 0.25) is 0 Å². The first-order valence-corrected chi connectivity index (χ1v) is 7.44. The molecule has 3 aliphatic rings. The largest absolute Gasteiger partial charge is 0.486 e. The Labute approximate surface area is 119 Å². The third kappa shape index (κ3) is 1.44. The average molecular weight is 272 g/mol. The molecule has 2 aliphatic carbocycles. The van der Waals surface area contributed by atoms with Gasteiger partial charge in [-0.15, -0.1) is 0 Å². The van der Waals surface area contributed by atoms with Gasteiger partial charge in [-0.25, -0.2) is 0 Å². The highest BCUT2D eigenvalue weighted by Gasteiger charge is 2.70. The predicted octanol–water partition coefficient (Wildman–Crippen LogP) is 3.41. The molecule has 3 atom stereocenters. The van der Waals surface area contributed by atoms with Crippen molar-refractivity contribution in [2.75, 3.05) is 0 Å². The van der Waals surface area contributed by atoms with Crippen molar-refractivity contribution < 1.29 is 14.3 Å². The molecule has 0 unspecified atom stereocenters. The smallest absolute Gasteiger partial charge is 0.308 e. The number of ether oxygens (including phenoxy) is 2. The van der Waals surface area contributed by atoms with Crippen LogP contribution >= 0.6 is 0 Å². The van der Waals surface area contributed by atoms with Crippen LogP contribution in [-0.4, -0.2) is 11.6 Å². The third-order valence-corrected chi connectivity index (χ3v) is 5.74. The standard InChI is InChI=1S/C17H20O3/c1-10-6-15-12(7-14(10)19-11(2)18)8-17(20-15)5-4-13-9-16(13,17)3/h6-7,13H,4-5,8-9H2,1-3H3/t13-,16+,17-/m0/s1. The van der Waals surface area contributed by atoms with E-state index in [1.807, 2.05) is 19.1 Å². The highest BCUT2D eigenvalue weighted by atomic mass is 16.5. The Balaban J connectivity index is 1.70. The van der Waals surface area contributed by atoms with E-state index in [1.54, 1.807) is 0 Å². The van der Waals surface area contributed by atoms with E-state index >= 15 is 0 Å². The molecule has 0 saturated heterocycles. The second kappa shape index (κ2) is 3.57. The molecule has 0 N–H and O–H groups in total. The SMILES string of the molecule is CC(=O)Oc1cc2c(cc1C)O[C@@]1(CC[C@H]3C[C@]31C)C2. The van der Waals surface area contributed by atoms with Crippen LogP contribution in [0.1, 0.15) is 44.2 Å². The number of hydrogen-bond acceptors (Lipinski definition) is 3. The zero-order chi connectivity index (χ0) is 14.1. The van der Waals surface area contributed by atoms with Crippen LogP contribution in [0, 0.1) is 18.3 Å². The quantitative estimate of drug-likeness (QED) is 0.580. The molecule has 3 nitrogen and oxygen atoms in total. The van der Waals surface area contributed by atoms with Crippen LogP contribution in [0.25, 0.3) is 0 Å². The van der Waals surface area contributed by atoms with Crippen molar-refractivity contribution in [3.05, 3.63) is 23.3 Å². The molecule has 1 aromatic rings. The Hall–Kier alpha value is -1.51.